The van der Waals surface area contributed by atoms with E-state index in [0.29, 0.717) is 5.69 Å². The van der Waals surface area contributed by atoms with Crippen LogP contribution in [0.4, 0.5) is 5.69 Å². The predicted molar refractivity (Wildman–Crippen MR) is 128 cm³/mol. The van der Waals surface area contributed by atoms with E-state index in [4.69, 9.17) is 4.74 Å². The second-order valence-corrected chi connectivity index (χ2v) is 9.27. The Kier molecular flexibility index (Phi) is 6.56. The number of para-hydroxylation sites is 1. The predicted octanol–water partition coefficient (Wildman–Crippen LogP) is 4.54. The van der Waals surface area contributed by atoms with Gasteiger partial charge in [-0.25, -0.2) is 13.2 Å². The molecule has 0 saturated heterocycles. The third kappa shape index (κ3) is 5.02. The van der Waals surface area contributed by atoms with Crippen molar-refractivity contribution in [2.75, 3.05) is 0 Å². The van der Waals surface area contributed by atoms with Crippen LogP contribution in [0.1, 0.15) is 11.3 Å². The van der Waals surface area contributed by atoms with Gasteiger partial charge in [-0.15, -0.1) is 0 Å². The fraction of sp³-hybridized carbons (Fsp3) is 0.0400. The van der Waals surface area contributed by atoms with Crippen LogP contribution in [-0.2, 0) is 14.6 Å². The summed E-state index contributed by atoms with van der Waals surface area (Å²) < 4.78 is 33.8. The van der Waals surface area contributed by atoms with E-state index < -0.39 is 20.7 Å². The molecule has 0 unspecified atom stereocenters. The molecule has 10 heteroatoms. The number of esters is 1. The van der Waals surface area contributed by atoms with Crippen LogP contribution in [0.25, 0.3) is 11.8 Å². The molecule has 0 radical (unpaired) electrons. The maximum absolute atomic E-state index is 13.5. The average molecular weight is 490 g/mol. The summed E-state index contributed by atoms with van der Waals surface area (Å²) in [5, 5.41) is 15.3. The summed E-state index contributed by atoms with van der Waals surface area (Å²) in [4.78, 5) is 22.5. The van der Waals surface area contributed by atoms with Crippen molar-refractivity contribution in [1.82, 2.24) is 9.78 Å². The Hall–Kier alpha value is -4.57. The number of aryl methyl sites for hydroxylation is 1. The van der Waals surface area contributed by atoms with Crippen molar-refractivity contribution in [3.63, 3.8) is 0 Å². The second-order valence-electron chi connectivity index (χ2n) is 7.39. The average Bonchev–Trinajstić information content (AvgIpc) is 3.20. The number of benzene rings is 3. The molecule has 0 aliphatic carbocycles. The molecule has 0 bridgehead atoms. The van der Waals surface area contributed by atoms with Crippen molar-refractivity contribution in [1.29, 1.82) is 0 Å². The zero-order valence-corrected chi connectivity index (χ0v) is 19.3. The van der Waals surface area contributed by atoms with Crippen LogP contribution in [0.15, 0.2) is 101 Å². The number of nitro groups is 1. The first kappa shape index (κ1) is 23.6. The zero-order valence-electron chi connectivity index (χ0n) is 18.4. The van der Waals surface area contributed by atoms with Crippen LogP contribution in [0.2, 0.25) is 0 Å². The van der Waals surface area contributed by atoms with Gasteiger partial charge in [-0.05, 0) is 42.8 Å². The van der Waals surface area contributed by atoms with E-state index in [-0.39, 0.29) is 27.1 Å². The monoisotopic (exact) mass is 489 g/mol. The topological polar surface area (TPSA) is 121 Å². The van der Waals surface area contributed by atoms with E-state index in [1.54, 1.807) is 48.5 Å². The lowest BCUT2D eigenvalue weighted by molar-refractivity contribution is -0.384. The van der Waals surface area contributed by atoms with Gasteiger partial charge in [-0.2, -0.15) is 9.78 Å². The number of nitro benzene ring substituents is 1. The minimum Gasteiger partial charge on any atom is -0.403 e. The molecule has 0 atom stereocenters. The van der Waals surface area contributed by atoms with E-state index in [0.717, 1.165) is 29.8 Å². The normalized spacial score (nSPS) is 11.5. The molecule has 1 heterocycles. The summed E-state index contributed by atoms with van der Waals surface area (Å²) >= 11 is 0. The third-order valence-corrected chi connectivity index (χ3v) is 6.90. The van der Waals surface area contributed by atoms with Crippen molar-refractivity contribution < 1.29 is 22.9 Å². The van der Waals surface area contributed by atoms with Crippen LogP contribution in [-0.4, -0.2) is 29.1 Å². The van der Waals surface area contributed by atoms with Gasteiger partial charge in [0.05, 0.1) is 21.2 Å². The number of ether oxygens (including phenoxy) is 1. The van der Waals surface area contributed by atoms with Gasteiger partial charge >= 0.3 is 5.97 Å². The quantitative estimate of drug-likeness (QED) is 0.162. The summed E-state index contributed by atoms with van der Waals surface area (Å²) in [6.07, 6.45) is 2.73. The number of carbonyl (C=O) groups is 1. The highest BCUT2D eigenvalue weighted by molar-refractivity contribution is 7.91. The van der Waals surface area contributed by atoms with E-state index >= 15 is 0 Å². The molecular weight excluding hydrogens is 470 g/mol. The van der Waals surface area contributed by atoms with Gasteiger partial charge in [0.2, 0.25) is 15.7 Å². The Labute approximate surface area is 201 Å². The van der Waals surface area contributed by atoms with Crippen LogP contribution in [0, 0.1) is 17.0 Å². The number of sulfone groups is 1. The summed E-state index contributed by atoms with van der Waals surface area (Å²) in [6, 6.07) is 22.1. The summed E-state index contributed by atoms with van der Waals surface area (Å²) in [7, 11) is -4.25. The molecule has 0 spiro atoms. The number of aromatic nitrogens is 2. The molecule has 0 fully saturated rings. The summed E-state index contributed by atoms with van der Waals surface area (Å²) in [6.45, 7) is 1.48. The van der Waals surface area contributed by atoms with Gasteiger partial charge in [0.1, 0.15) is 0 Å². The standard InChI is InChI=1S/C25H19N3O6S/c1-18-24(35(32,33)22-15-13-21(14-16-22)28(30)31)25(27(26-18)20-10-6-3-7-11-20)34-23(29)17-12-19-8-4-2-5-9-19/h2-17H,1H3/b17-12+. The van der Waals surface area contributed by atoms with Gasteiger partial charge in [0, 0.05) is 18.2 Å². The van der Waals surface area contributed by atoms with Gasteiger partial charge in [0.25, 0.3) is 5.69 Å². The van der Waals surface area contributed by atoms with E-state index in [2.05, 4.69) is 5.10 Å². The maximum Gasteiger partial charge on any atom is 0.337 e. The molecule has 4 aromatic rings. The minimum atomic E-state index is -4.25. The Morgan fingerprint density at radius 3 is 2.17 bits per heavy atom. The smallest absolute Gasteiger partial charge is 0.337 e. The Balaban J connectivity index is 1.80. The van der Waals surface area contributed by atoms with Crippen molar-refractivity contribution in [2.24, 2.45) is 0 Å². The molecule has 176 valence electrons. The first-order valence-electron chi connectivity index (χ1n) is 10.4. The number of carbonyl (C=O) groups excluding carboxylic acids is 1. The number of hydrogen-bond acceptors (Lipinski definition) is 7. The van der Waals surface area contributed by atoms with Crippen molar-refractivity contribution in [3.8, 4) is 11.6 Å². The highest BCUT2D eigenvalue weighted by Gasteiger charge is 2.32. The molecule has 0 aliphatic rings. The Bertz CT molecular complexity index is 1510. The molecule has 0 amide bonds. The van der Waals surface area contributed by atoms with Gasteiger partial charge < -0.3 is 4.74 Å². The number of hydrogen-bond donors (Lipinski definition) is 0. The largest absolute Gasteiger partial charge is 0.403 e. The lowest BCUT2D eigenvalue weighted by Crippen LogP contribution is -2.12. The van der Waals surface area contributed by atoms with Crippen LogP contribution < -0.4 is 4.74 Å². The Morgan fingerprint density at radius 1 is 0.971 bits per heavy atom. The minimum absolute atomic E-state index is 0.0991. The highest BCUT2D eigenvalue weighted by Crippen LogP contribution is 2.35. The molecule has 0 saturated carbocycles. The first-order chi connectivity index (χ1) is 16.8. The third-order valence-electron chi connectivity index (χ3n) is 5.00. The SMILES string of the molecule is Cc1nn(-c2ccccc2)c(OC(=O)/C=C/c2ccccc2)c1S(=O)(=O)c1ccc([N+](=O)[O-])cc1. The van der Waals surface area contributed by atoms with Gasteiger partial charge in [0.15, 0.2) is 4.90 Å². The lowest BCUT2D eigenvalue weighted by atomic mass is 10.2. The molecule has 3 aromatic carbocycles. The molecule has 1 aromatic heterocycles. The van der Waals surface area contributed by atoms with Gasteiger partial charge in [-0.1, -0.05) is 48.5 Å². The van der Waals surface area contributed by atoms with Crippen molar-refractivity contribution in [3.05, 3.63) is 112 Å². The van der Waals surface area contributed by atoms with E-state index in [9.17, 15) is 23.3 Å². The van der Waals surface area contributed by atoms with Crippen LogP contribution in [0.5, 0.6) is 5.88 Å². The first-order valence-corrected chi connectivity index (χ1v) is 11.9. The van der Waals surface area contributed by atoms with Crippen molar-refractivity contribution >= 4 is 27.6 Å². The fourth-order valence-electron chi connectivity index (χ4n) is 3.36. The second kappa shape index (κ2) is 9.74. The fourth-order valence-corrected chi connectivity index (χ4v) is 4.88. The summed E-state index contributed by atoms with van der Waals surface area (Å²) in [5.41, 5.74) is 1.09. The number of nitrogens with zero attached hydrogens (tertiary/aromatic N) is 3. The molecule has 0 N–H and O–H groups in total. The zero-order chi connectivity index (χ0) is 25.0. The lowest BCUT2D eigenvalue weighted by Gasteiger charge is -2.10. The van der Waals surface area contributed by atoms with Crippen LogP contribution in [0.3, 0.4) is 0 Å². The molecule has 4 rings (SSSR count). The van der Waals surface area contributed by atoms with Gasteiger partial charge in [-0.3, -0.25) is 10.1 Å². The molecule has 35 heavy (non-hydrogen) atoms. The molecular formula is C25H19N3O6S. The maximum atomic E-state index is 13.5. The number of non-ortho nitro benzene ring substituents is 1. The van der Waals surface area contributed by atoms with Crippen LogP contribution >= 0.6 is 0 Å². The molecule has 0 aliphatic heterocycles. The summed E-state index contributed by atoms with van der Waals surface area (Å²) in [5.74, 6) is -1.08. The molecule has 9 nitrogen and oxygen atoms in total. The van der Waals surface area contributed by atoms with Crippen molar-refractivity contribution in [2.45, 2.75) is 16.7 Å². The van der Waals surface area contributed by atoms with E-state index in [1.165, 1.54) is 17.7 Å². The highest BCUT2D eigenvalue weighted by atomic mass is 32.2. The van der Waals surface area contributed by atoms with E-state index in [1.807, 2.05) is 18.2 Å². The number of rotatable bonds is 7. The Morgan fingerprint density at radius 2 is 1.57 bits per heavy atom.